The Kier molecular flexibility index (Phi) is 8.02. The predicted molar refractivity (Wildman–Crippen MR) is 80.0 cm³/mol. The molecule has 19 heavy (non-hydrogen) atoms. The smallest absolute Gasteiger partial charge is 0.142 e. The summed E-state index contributed by atoms with van der Waals surface area (Å²) in [6.45, 7) is 3.49. The number of ether oxygens (including phenoxy) is 2. The van der Waals surface area contributed by atoms with Crippen molar-refractivity contribution in [2.24, 2.45) is 5.73 Å². The van der Waals surface area contributed by atoms with E-state index in [4.69, 9.17) is 15.2 Å². The monoisotopic (exact) mass is 266 g/mol. The van der Waals surface area contributed by atoms with Gasteiger partial charge in [0.25, 0.3) is 0 Å². The van der Waals surface area contributed by atoms with E-state index < -0.39 is 0 Å². The first-order chi connectivity index (χ1) is 9.33. The zero-order valence-corrected chi connectivity index (χ0v) is 12.1. The van der Waals surface area contributed by atoms with Crippen molar-refractivity contribution in [1.29, 1.82) is 0 Å². The molecule has 0 amide bonds. The molecule has 4 nitrogen and oxygen atoms in total. The SMILES string of the molecule is COCCCCN(CCCN)c1ccccc1OC. The Morgan fingerprint density at radius 1 is 1.05 bits per heavy atom. The zero-order valence-electron chi connectivity index (χ0n) is 12.1. The number of hydrogen-bond acceptors (Lipinski definition) is 4. The van der Waals surface area contributed by atoms with Crippen LogP contribution in [0, 0.1) is 0 Å². The van der Waals surface area contributed by atoms with Gasteiger partial charge in [0.1, 0.15) is 5.75 Å². The molecule has 0 fully saturated rings. The van der Waals surface area contributed by atoms with Gasteiger partial charge in [-0.15, -0.1) is 0 Å². The quantitative estimate of drug-likeness (QED) is 0.660. The van der Waals surface area contributed by atoms with Crippen LogP contribution >= 0.6 is 0 Å². The first-order valence-electron chi connectivity index (χ1n) is 6.90. The van der Waals surface area contributed by atoms with Crippen LogP contribution in [0.2, 0.25) is 0 Å². The van der Waals surface area contributed by atoms with E-state index in [9.17, 15) is 0 Å². The fourth-order valence-electron chi connectivity index (χ4n) is 2.07. The van der Waals surface area contributed by atoms with Crippen molar-refractivity contribution in [3.63, 3.8) is 0 Å². The van der Waals surface area contributed by atoms with Gasteiger partial charge in [0.2, 0.25) is 0 Å². The first kappa shape index (κ1) is 15.8. The van der Waals surface area contributed by atoms with Crippen molar-refractivity contribution in [3.05, 3.63) is 24.3 Å². The minimum atomic E-state index is 0.712. The lowest BCUT2D eigenvalue weighted by Gasteiger charge is -2.26. The molecule has 0 aliphatic rings. The van der Waals surface area contributed by atoms with Crippen LogP contribution < -0.4 is 15.4 Å². The molecule has 0 atom stereocenters. The Hall–Kier alpha value is -1.26. The summed E-state index contributed by atoms with van der Waals surface area (Å²) in [5, 5.41) is 0. The topological polar surface area (TPSA) is 47.7 Å². The largest absolute Gasteiger partial charge is 0.495 e. The van der Waals surface area contributed by atoms with E-state index in [1.54, 1.807) is 14.2 Å². The molecule has 0 spiro atoms. The standard InChI is InChI=1S/C15H26N2O2/c1-18-13-6-5-11-17(12-7-10-16)14-8-3-4-9-15(14)19-2/h3-4,8-9H,5-7,10-13,16H2,1-2H3. The fourth-order valence-corrected chi connectivity index (χ4v) is 2.07. The Morgan fingerprint density at radius 2 is 1.79 bits per heavy atom. The highest BCUT2D eigenvalue weighted by molar-refractivity contribution is 5.58. The molecule has 0 heterocycles. The van der Waals surface area contributed by atoms with Crippen LogP contribution in [0.1, 0.15) is 19.3 Å². The number of nitrogens with two attached hydrogens (primary N) is 1. The summed E-state index contributed by atoms with van der Waals surface area (Å²) < 4.78 is 10.5. The van der Waals surface area contributed by atoms with Gasteiger partial charge in [-0.05, 0) is 37.9 Å². The van der Waals surface area contributed by atoms with Gasteiger partial charge in [-0.25, -0.2) is 0 Å². The van der Waals surface area contributed by atoms with E-state index in [1.165, 1.54) is 0 Å². The molecule has 0 saturated carbocycles. The molecule has 1 aromatic rings. The summed E-state index contributed by atoms with van der Waals surface area (Å²) in [6.07, 6.45) is 3.17. The average Bonchev–Trinajstić information content (AvgIpc) is 2.46. The number of hydrogen-bond donors (Lipinski definition) is 1. The van der Waals surface area contributed by atoms with E-state index in [2.05, 4.69) is 11.0 Å². The maximum atomic E-state index is 5.62. The molecule has 0 aliphatic heterocycles. The summed E-state index contributed by atoms with van der Waals surface area (Å²) in [5.74, 6) is 0.922. The lowest BCUT2D eigenvalue weighted by atomic mass is 10.2. The molecule has 0 aromatic heterocycles. The number of anilines is 1. The number of methoxy groups -OCH3 is 2. The van der Waals surface area contributed by atoms with Gasteiger partial charge in [-0.2, -0.15) is 0 Å². The Bertz CT molecular complexity index is 345. The van der Waals surface area contributed by atoms with Crippen molar-refractivity contribution in [3.8, 4) is 5.75 Å². The average molecular weight is 266 g/mol. The minimum absolute atomic E-state index is 0.712. The highest BCUT2D eigenvalue weighted by Crippen LogP contribution is 2.27. The molecule has 0 bridgehead atoms. The third kappa shape index (κ3) is 5.49. The third-order valence-electron chi connectivity index (χ3n) is 3.08. The van der Waals surface area contributed by atoms with Crippen molar-refractivity contribution in [2.75, 3.05) is 45.4 Å². The van der Waals surface area contributed by atoms with Crippen molar-refractivity contribution in [2.45, 2.75) is 19.3 Å². The Morgan fingerprint density at radius 3 is 2.47 bits per heavy atom. The summed E-state index contributed by atoms with van der Waals surface area (Å²) in [4.78, 5) is 2.35. The Balaban J connectivity index is 2.65. The van der Waals surface area contributed by atoms with Gasteiger partial charge in [0, 0.05) is 26.8 Å². The molecule has 1 aromatic carbocycles. The number of nitrogens with zero attached hydrogens (tertiary/aromatic N) is 1. The van der Waals surface area contributed by atoms with Crippen LogP contribution in [0.4, 0.5) is 5.69 Å². The fraction of sp³-hybridized carbons (Fsp3) is 0.600. The van der Waals surface area contributed by atoms with Crippen molar-refractivity contribution in [1.82, 2.24) is 0 Å². The summed E-state index contributed by atoms with van der Waals surface area (Å²) in [7, 11) is 3.46. The lowest BCUT2D eigenvalue weighted by Crippen LogP contribution is -2.27. The van der Waals surface area contributed by atoms with Crippen LogP contribution in [0.5, 0.6) is 5.75 Å². The van der Waals surface area contributed by atoms with E-state index in [0.717, 1.165) is 50.4 Å². The van der Waals surface area contributed by atoms with Crippen LogP contribution in [-0.2, 0) is 4.74 Å². The van der Waals surface area contributed by atoms with Gasteiger partial charge in [-0.3, -0.25) is 0 Å². The number of para-hydroxylation sites is 2. The van der Waals surface area contributed by atoms with Crippen LogP contribution in [0.15, 0.2) is 24.3 Å². The van der Waals surface area contributed by atoms with E-state index in [-0.39, 0.29) is 0 Å². The molecule has 2 N–H and O–H groups in total. The predicted octanol–water partition coefficient (Wildman–Crippen LogP) is 2.28. The maximum absolute atomic E-state index is 5.62. The molecular weight excluding hydrogens is 240 g/mol. The maximum Gasteiger partial charge on any atom is 0.142 e. The molecule has 0 unspecified atom stereocenters. The molecule has 0 radical (unpaired) electrons. The lowest BCUT2D eigenvalue weighted by molar-refractivity contribution is 0.193. The van der Waals surface area contributed by atoms with Crippen LogP contribution in [-0.4, -0.2) is 40.5 Å². The number of rotatable bonds is 10. The van der Waals surface area contributed by atoms with Crippen LogP contribution in [0.25, 0.3) is 0 Å². The van der Waals surface area contributed by atoms with Crippen molar-refractivity contribution >= 4 is 5.69 Å². The summed E-state index contributed by atoms with van der Waals surface area (Å²) >= 11 is 0. The van der Waals surface area contributed by atoms with E-state index in [1.807, 2.05) is 18.2 Å². The Labute approximate surface area is 116 Å². The molecule has 108 valence electrons. The summed E-state index contributed by atoms with van der Waals surface area (Å²) in [6, 6.07) is 8.14. The van der Waals surface area contributed by atoms with Gasteiger partial charge in [0.05, 0.1) is 12.8 Å². The van der Waals surface area contributed by atoms with E-state index in [0.29, 0.717) is 6.54 Å². The third-order valence-corrected chi connectivity index (χ3v) is 3.08. The molecular formula is C15H26N2O2. The van der Waals surface area contributed by atoms with Gasteiger partial charge < -0.3 is 20.1 Å². The number of benzene rings is 1. The second-order valence-electron chi connectivity index (χ2n) is 4.50. The number of unbranched alkanes of at least 4 members (excludes halogenated alkanes) is 1. The second kappa shape index (κ2) is 9.64. The molecule has 0 aliphatic carbocycles. The van der Waals surface area contributed by atoms with Crippen LogP contribution in [0.3, 0.4) is 0 Å². The first-order valence-corrected chi connectivity index (χ1v) is 6.90. The molecule has 1 rings (SSSR count). The highest BCUT2D eigenvalue weighted by Gasteiger charge is 2.10. The van der Waals surface area contributed by atoms with E-state index >= 15 is 0 Å². The second-order valence-corrected chi connectivity index (χ2v) is 4.50. The van der Waals surface area contributed by atoms with Gasteiger partial charge in [0.15, 0.2) is 0 Å². The highest BCUT2D eigenvalue weighted by atomic mass is 16.5. The van der Waals surface area contributed by atoms with Gasteiger partial charge >= 0.3 is 0 Å². The van der Waals surface area contributed by atoms with Gasteiger partial charge in [-0.1, -0.05) is 12.1 Å². The normalized spacial score (nSPS) is 10.5. The molecule has 4 heteroatoms. The summed E-state index contributed by atoms with van der Waals surface area (Å²) in [5.41, 5.74) is 6.77. The minimum Gasteiger partial charge on any atom is -0.495 e. The zero-order chi connectivity index (χ0) is 13.9. The van der Waals surface area contributed by atoms with Crippen molar-refractivity contribution < 1.29 is 9.47 Å². The molecule has 0 saturated heterocycles.